The first-order chi connectivity index (χ1) is 8.81. The maximum atomic E-state index is 12.0. The van der Waals surface area contributed by atoms with Crippen molar-refractivity contribution in [3.63, 3.8) is 0 Å². The fourth-order valence-corrected chi connectivity index (χ4v) is 2.10. The van der Waals surface area contributed by atoms with E-state index >= 15 is 0 Å². The molecule has 1 aliphatic heterocycles. The molecular formula is C13H19N3O2. The molecule has 0 aliphatic carbocycles. The molecule has 1 fully saturated rings. The van der Waals surface area contributed by atoms with Crippen molar-refractivity contribution >= 4 is 11.7 Å². The summed E-state index contributed by atoms with van der Waals surface area (Å²) in [4.78, 5) is 16.1. The van der Waals surface area contributed by atoms with Gasteiger partial charge in [0.05, 0.1) is 11.7 Å². The molecule has 1 unspecified atom stereocenters. The molecule has 1 aromatic heterocycles. The van der Waals surface area contributed by atoms with Gasteiger partial charge in [-0.1, -0.05) is 0 Å². The van der Waals surface area contributed by atoms with E-state index in [9.17, 15) is 4.79 Å². The average Bonchev–Trinajstić information content (AvgIpc) is 2.91. The predicted octanol–water partition coefficient (Wildman–Crippen LogP) is 1.42. The largest absolute Gasteiger partial charge is 0.378 e. The van der Waals surface area contributed by atoms with Crippen LogP contribution in [0.1, 0.15) is 29.6 Å². The highest BCUT2D eigenvalue weighted by Crippen LogP contribution is 2.15. The van der Waals surface area contributed by atoms with Crippen molar-refractivity contribution in [3.8, 4) is 0 Å². The number of nitrogens with zero attached hydrogens (tertiary/aromatic N) is 1. The third kappa shape index (κ3) is 3.20. The van der Waals surface area contributed by atoms with E-state index in [1.54, 1.807) is 25.4 Å². The number of pyridine rings is 1. The standard InChI is InChI=1S/C13H19N3O2/c1-14-12-11(5-2-7-15-12)13(17)16-8-6-10-4-3-9-18-10/h2,5,7,10H,3-4,6,8-9H2,1H3,(H,14,15)(H,16,17). The Hall–Kier alpha value is -1.62. The lowest BCUT2D eigenvalue weighted by Gasteiger charge is -2.11. The van der Waals surface area contributed by atoms with Crippen molar-refractivity contribution in [3.05, 3.63) is 23.9 Å². The number of aromatic nitrogens is 1. The molecule has 1 saturated heterocycles. The number of rotatable bonds is 5. The molecule has 2 N–H and O–H groups in total. The minimum absolute atomic E-state index is 0.0922. The summed E-state index contributed by atoms with van der Waals surface area (Å²) in [6.07, 6.45) is 5.08. The Morgan fingerprint density at radius 2 is 2.50 bits per heavy atom. The summed E-state index contributed by atoms with van der Waals surface area (Å²) >= 11 is 0. The summed E-state index contributed by atoms with van der Waals surface area (Å²) in [5, 5.41) is 5.81. The van der Waals surface area contributed by atoms with Gasteiger partial charge in [-0.15, -0.1) is 0 Å². The molecule has 0 radical (unpaired) electrons. The van der Waals surface area contributed by atoms with E-state index in [4.69, 9.17) is 4.74 Å². The van der Waals surface area contributed by atoms with Crippen LogP contribution in [0.3, 0.4) is 0 Å². The van der Waals surface area contributed by atoms with E-state index < -0.39 is 0 Å². The zero-order chi connectivity index (χ0) is 12.8. The van der Waals surface area contributed by atoms with Crippen LogP contribution in [0.5, 0.6) is 0 Å². The molecule has 1 aliphatic rings. The minimum atomic E-state index is -0.0922. The third-order valence-corrected chi connectivity index (χ3v) is 3.07. The van der Waals surface area contributed by atoms with Crippen LogP contribution in [0, 0.1) is 0 Å². The molecule has 1 aromatic rings. The van der Waals surface area contributed by atoms with E-state index in [0.29, 0.717) is 24.0 Å². The SMILES string of the molecule is CNc1ncccc1C(=O)NCCC1CCCO1. The first kappa shape index (κ1) is 12.8. The van der Waals surface area contributed by atoms with Crippen molar-refractivity contribution < 1.29 is 9.53 Å². The van der Waals surface area contributed by atoms with Gasteiger partial charge in [0.2, 0.25) is 0 Å². The first-order valence-electron chi connectivity index (χ1n) is 6.34. The van der Waals surface area contributed by atoms with Gasteiger partial charge in [0.15, 0.2) is 0 Å². The normalized spacial score (nSPS) is 18.6. The molecule has 98 valence electrons. The Balaban J connectivity index is 1.83. The number of carbonyl (C=O) groups excluding carboxylic acids is 1. The molecule has 2 rings (SSSR count). The third-order valence-electron chi connectivity index (χ3n) is 3.07. The molecule has 1 atom stereocenters. The van der Waals surface area contributed by atoms with Gasteiger partial charge in [0, 0.05) is 26.4 Å². The summed E-state index contributed by atoms with van der Waals surface area (Å²) in [6.45, 7) is 1.49. The number of carbonyl (C=O) groups is 1. The highest BCUT2D eigenvalue weighted by Gasteiger charge is 2.16. The zero-order valence-corrected chi connectivity index (χ0v) is 10.6. The van der Waals surface area contributed by atoms with Crippen molar-refractivity contribution in [2.45, 2.75) is 25.4 Å². The summed E-state index contributed by atoms with van der Waals surface area (Å²) in [6, 6.07) is 3.52. The topological polar surface area (TPSA) is 63.2 Å². The van der Waals surface area contributed by atoms with Crippen molar-refractivity contribution in [2.75, 3.05) is 25.5 Å². The Labute approximate surface area is 107 Å². The van der Waals surface area contributed by atoms with Gasteiger partial charge in [-0.3, -0.25) is 4.79 Å². The fourth-order valence-electron chi connectivity index (χ4n) is 2.10. The maximum absolute atomic E-state index is 12.0. The molecule has 5 nitrogen and oxygen atoms in total. The maximum Gasteiger partial charge on any atom is 0.255 e. The predicted molar refractivity (Wildman–Crippen MR) is 69.7 cm³/mol. The smallest absolute Gasteiger partial charge is 0.255 e. The van der Waals surface area contributed by atoms with Crippen LogP contribution in [0.4, 0.5) is 5.82 Å². The van der Waals surface area contributed by atoms with E-state index in [2.05, 4.69) is 15.6 Å². The zero-order valence-electron chi connectivity index (χ0n) is 10.6. The number of ether oxygens (including phenoxy) is 1. The molecular weight excluding hydrogens is 230 g/mol. The molecule has 1 amide bonds. The Bertz CT molecular complexity index is 403. The minimum Gasteiger partial charge on any atom is -0.378 e. The molecule has 0 aromatic carbocycles. The Morgan fingerprint density at radius 1 is 1.61 bits per heavy atom. The molecule has 0 saturated carbocycles. The quantitative estimate of drug-likeness (QED) is 0.828. The van der Waals surface area contributed by atoms with Gasteiger partial charge in [-0.05, 0) is 31.4 Å². The lowest BCUT2D eigenvalue weighted by molar-refractivity contribution is 0.0907. The number of hydrogen-bond acceptors (Lipinski definition) is 4. The van der Waals surface area contributed by atoms with Crippen LogP contribution in [0.2, 0.25) is 0 Å². The van der Waals surface area contributed by atoms with Gasteiger partial charge in [-0.2, -0.15) is 0 Å². The van der Waals surface area contributed by atoms with Crippen molar-refractivity contribution in [2.24, 2.45) is 0 Å². The Kier molecular flexibility index (Phi) is 4.52. The van der Waals surface area contributed by atoms with Crippen LogP contribution in [-0.4, -0.2) is 37.2 Å². The summed E-state index contributed by atoms with van der Waals surface area (Å²) in [5.41, 5.74) is 0.576. The van der Waals surface area contributed by atoms with Crippen LogP contribution in [0.15, 0.2) is 18.3 Å². The summed E-state index contributed by atoms with van der Waals surface area (Å²) in [7, 11) is 1.76. The molecule has 2 heterocycles. The highest BCUT2D eigenvalue weighted by atomic mass is 16.5. The molecule has 18 heavy (non-hydrogen) atoms. The van der Waals surface area contributed by atoms with Gasteiger partial charge in [0.1, 0.15) is 5.82 Å². The summed E-state index contributed by atoms with van der Waals surface area (Å²) in [5.74, 6) is 0.512. The van der Waals surface area contributed by atoms with Crippen LogP contribution < -0.4 is 10.6 Å². The number of hydrogen-bond donors (Lipinski definition) is 2. The number of anilines is 1. The lowest BCUT2D eigenvalue weighted by Crippen LogP contribution is -2.27. The second kappa shape index (κ2) is 6.35. The first-order valence-corrected chi connectivity index (χ1v) is 6.34. The van der Waals surface area contributed by atoms with E-state index in [1.165, 1.54) is 0 Å². The van der Waals surface area contributed by atoms with Gasteiger partial charge in [-0.25, -0.2) is 4.98 Å². The van der Waals surface area contributed by atoms with Crippen LogP contribution >= 0.6 is 0 Å². The van der Waals surface area contributed by atoms with Crippen molar-refractivity contribution in [1.82, 2.24) is 10.3 Å². The second-order valence-corrected chi connectivity index (χ2v) is 4.33. The van der Waals surface area contributed by atoms with Gasteiger partial charge in [0.25, 0.3) is 5.91 Å². The highest BCUT2D eigenvalue weighted by molar-refractivity contribution is 5.98. The lowest BCUT2D eigenvalue weighted by atomic mass is 10.2. The van der Waals surface area contributed by atoms with Crippen molar-refractivity contribution in [1.29, 1.82) is 0 Å². The van der Waals surface area contributed by atoms with Crippen LogP contribution in [0.25, 0.3) is 0 Å². The second-order valence-electron chi connectivity index (χ2n) is 4.33. The Morgan fingerprint density at radius 3 is 3.22 bits per heavy atom. The van der Waals surface area contributed by atoms with E-state index in [1.807, 2.05) is 0 Å². The van der Waals surface area contributed by atoms with Gasteiger partial charge >= 0.3 is 0 Å². The van der Waals surface area contributed by atoms with Crippen LogP contribution in [-0.2, 0) is 4.74 Å². The van der Waals surface area contributed by atoms with Gasteiger partial charge < -0.3 is 15.4 Å². The summed E-state index contributed by atoms with van der Waals surface area (Å²) < 4.78 is 5.51. The fraction of sp³-hybridized carbons (Fsp3) is 0.538. The molecule has 0 spiro atoms. The average molecular weight is 249 g/mol. The van der Waals surface area contributed by atoms with E-state index in [-0.39, 0.29) is 5.91 Å². The monoisotopic (exact) mass is 249 g/mol. The number of amides is 1. The van der Waals surface area contributed by atoms with E-state index in [0.717, 1.165) is 25.9 Å². The molecule has 5 heteroatoms. The number of nitrogens with one attached hydrogen (secondary N) is 2. The molecule has 0 bridgehead atoms.